The third-order valence-electron chi connectivity index (χ3n) is 6.81. The highest BCUT2D eigenvalue weighted by Gasteiger charge is 2.58. The van der Waals surface area contributed by atoms with Crippen LogP contribution in [0.25, 0.3) is 0 Å². The topological polar surface area (TPSA) is 107 Å². The number of sulfone groups is 1. The summed E-state index contributed by atoms with van der Waals surface area (Å²) in [5.41, 5.74) is 0.492. The number of allylic oxidation sites excluding steroid dienone is 1. The van der Waals surface area contributed by atoms with Gasteiger partial charge in [-0.05, 0) is 38.5 Å². The summed E-state index contributed by atoms with van der Waals surface area (Å²) in [6, 6.07) is 4.52. The van der Waals surface area contributed by atoms with Gasteiger partial charge < -0.3 is 14.6 Å². The standard InChI is InChI=1S/C27H40O7S/c1-5-6-7-8-9-10-11-12-13-14-17-34-26(30)20-15-16-22(33-4)21(18-20)24-25(29)23(19-28)35(31,32)27(24,2)3/h15-16,18-19,24,28H,5-14,17H2,1-4H3/b23-19+. The highest BCUT2D eigenvalue weighted by Crippen LogP contribution is 2.49. The van der Waals surface area contributed by atoms with Crippen molar-refractivity contribution in [2.45, 2.75) is 95.6 Å². The first-order chi connectivity index (χ1) is 16.6. The summed E-state index contributed by atoms with van der Waals surface area (Å²) in [6.45, 7) is 5.37. The van der Waals surface area contributed by atoms with Gasteiger partial charge in [0.05, 0.1) is 29.9 Å². The lowest BCUT2D eigenvalue weighted by atomic mass is 9.83. The van der Waals surface area contributed by atoms with Gasteiger partial charge in [0.1, 0.15) is 16.9 Å². The van der Waals surface area contributed by atoms with Crippen LogP contribution in [0.15, 0.2) is 29.4 Å². The van der Waals surface area contributed by atoms with Crippen LogP contribution in [0.2, 0.25) is 0 Å². The number of hydrogen-bond acceptors (Lipinski definition) is 7. The Kier molecular flexibility index (Phi) is 10.8. The Morgan fingerprint density at radius 2 is 1.60 bits per heavy atom. The van der Waals surface area contributed by atoms with Gasteiger partial charge in [-0.25, -0.2) is 13.2 Å². The highest BCUT2D eigenvalue weighted by molar-refractivity contribution is 7.98. The second-order valence-electron chi connectivity index (χ2n) is 9.67. The number of aliphatic hydroxyl groups excluding tert-OH is 1. The number of carbonyl (C=O) groups is 2. The Hall–Kier alpha value is -2.35. The molecule has 35 heavy (non-hydrogen) atoms. The summed E-state index contributed by atoms with van der Waals surface area (Å²) >= 11 is 0. The van der Waals surface area contributed by atoms with E-state index in [0.29, 0.717) is 12.9 Å². The zero-order valence-electron chi connectivity index (χ0n) is 21.5. The zero-order valence-corrected chi connectivity index (χ0v) is 22.3. The van der Waals surface area contributed by atoms with E-state index in [9.17, 15) is 23.1 Å². The smallest absolute Gasteiger partial charge is 0.338 e. The number of Topliss-reactive ketones (excluding diaryl/α,β-unsaturated/α-hetero) is 1. The van der Waals surface area contributed by atoms with Gasteiger partial charge in [0.2, 0.25) is 0 Å². The molecule has 1 saturated heterocycles. The second-order valence-corrected chi connectivity index (χ2v) is 12.2. The van der Waals surface area contributed by atoms with E-state index >= 15 is 0 Å². The number of unbranched alkanes of at least 4 members (excludes halogenated alkanes) is 9. The van der Waals surface area contributed by atoms with Crippen LogP contribution < -0.4 is 4.74 Å². The fraction of sp³-hybridized carbons (Fsp3) is 0.630. The van der Waals surface area contributed by atoms with E-state index in [0.717, 1.165) is 19.3 Å². The van der Waals surface area contributed by atoms with E-state index in [-0.39, 0.29) is 16.9 Å². The monoisotopic (exact) mass is 508 g/mol. The van der Waals surface area contributed by atoms with Crippen molar-refractivity contribution >= 4 is 21.6 Å². The Morgan fingerprint density at radius 3 is 2.11 bits per heavy atom. The normalized spacial score (nSPS) is 19.7. The average Bonchev–Trinajstić information content (AvgIpc) is 2.95. The summed E-state index contributed by atoms with van der Waals surface area (Å²) < 4.78 is 34.9. The van der Waals surface area contributed by atoms with Gasteiger partial charge in [-0.2, -0.15) is 0 Å². The van der Waals surface area contributed by atoms with Gasteiger partial charge in [0.15, 0.2) is 15.6 Å². The van der Waals surface area contributed by atoms with Crippen molar-refractivity contribution in [2.24, 2.45) is 0 Å². The SMILES string of the molecule is CCCCCCCCCCCCOC(=O)c1ccc(OC)c(C2C(=O)/C(=C\O)S(=O)(=O)C2(C)C)c1. The Labute approximate surface area is 209 Å². The van der Waals surface area contributed by atoms with Crippen molar-refractivity contribution in [2.75, 3.05) is 13.7 Å². The molecule has 1 atom stereocenters. The number of methoxy groups -OCH3 is 1. The van der Waals surface area contributed by atoms with E-state index in [1.54, 1.807) is 0 Å². The van der Waals surface area contributed by atoms with Gasteiger partial charge in [-0.3, -0.25) is 4.79 Å². The third-order valence-corrected chi connectivity index (χ3v) is 9.31. The van der Waals surface area contributed by atoms with Crippen LogP contribution in [0, 0.1) is 0 Å². The minimum absolute atomic E-state index is 0.218. The minimum atomic E-state index is -4.06. The van der Waals surface area contributed by atoms with E-state index in [4.69, 9.17) is 9.47 Å². The molecule has 7 nitrogen and oxygen atoms in total. The Bertz CT molecular complexity index is 1010. The molecule has 2 rings (SSSR count). The van der Waals surface area contributed by atoms with Crippen LogP contribution in [0.1, 0.15) is 107 Å². The summed E-state index contributed by atoms with van der Waals surface area (Å²) in [7, 11) is -2.66. The van der Waals surface area contributed by atoms with Crippen molar-refractivity contribution in [3.05, 3.63) is 40.5 Å². The van der Waals surface area contributed by atoms with Crippen molar-refractivity contribution < 1.29 is 32.6 Å². The molecule has 8 heteroatoms. The molecular weight excluding hydrogens is 468 g/mol. The molecule has 0 aromatic heterocycles. The number of ketones is 1. The molecule has 1 heterocycles. The lowest BCUT2D eigenvalue weighted by Crippen LogP contribution is -2.33. The highest BCUT2D eigenvalue weighted by atomic mass is 32.2. The molecule has 0 amide bonds. The van der Waals surface area contributed by atoms with Crippen LogP contribution in [-0.2, 0) is 19.4 Å². The lowest BCUT2D eigenvalue weighted by molar-refractivity contribution is -0.116. The van der Waals surface area contributed by atoms with E-state index in [1.807, 2.05) is 0 Å². The van der Waals surface area contributed by atoms with Crippen molar-refractivity contribution in [3.8, 4) is 5.75 Å². The third kappa shape index (κ3) is 6.66. The molecule has 1 fully saturated rings. The first-order valence-corrected chi connectivity index (χ1v) is 14.1. The summed E-state index contributed by atoms with van der Waals surface area (Å²) in [5, 5.41) is 9.40. The number of hydrogen-bond donors (Lipinski definition) is 1. The number of carbonyl (C=O) groups excluding carboxylic acids is 2. The molecular formula is C27H40O7S. The molecule has 1 N–H and O–H groups in total. The molecule has 1 aliphatic rings. The zero-order chi connectivity index (χ0) is 26.1. The lowest BCUT2D eigenvalue weighted by Gasteiger charge is -2.25. The van der Waals surface area contributed by atoms with Gasteiger partial charge >= 0.3 is 5.97 Å². The van der Waals surface area contributed by atoms with E-state index in [2.05, 4.69) is 6.92 Å². The van der Waals surface area contributed by atoms with Crippen molar-refractivity contribution in [1.29, 1.82) is 0 Å². The molecule has 1 aromatic carbocycles. The number of rotatable bonds is 14. The number of esters is 1. The predicted octanol–water partition coefficient (Wildman–Crippen LogP) is 6.03. The molecule has 1 aliphatic heterocycles. The van der Waals surface area contributed by atoms with Crippen LogP contribution in [0.5, 0.6) is 5.75 Å². The largest absolute Gasteiger partial charge is 0.514 e. The van der Waals surface area contributed by atoms with Crippen molar-refractivity contribution in [3.63, 3.8) is 0 Å². The molecule has 0 bridgehead atoms. The summed E-state index contributed by atoms with van der Waals surface area (Å²) in [5.74, 6) is -2.10. The Balaban J connectivity index is 1.97. The van der Waals surface area contributed by atoms with Crippen LogP contribution in [-0.4, -0.2) is 43.7 Å². The maximum absolute atomic E-state index is 12.9. The fourth-order valence-electron chi connectivity index (χ4n) is 4.60. The summed E-state index contributed by atoms with van der Waals surface area (Å²) in [4.78, 5) is 24.9. The fourth-order valence-corrected chi connectivity index (χ4v) is 6.23. The molecule has 0 spiro atoms. The summed E-state index contributed by atoms with van der Waals surface area (Å²) in [6.07, 6.45) is 12.2. The first-order valence-electron chi connectivity index (χ1n) is 12.6. The van der Waals surface area contributed by atoms with Crippen molar-refractivity contribution in [1.82, 2.24) is 0 Å². The van der Waals surface area contributed by atoms with Crippen LogP contribution in [0.4, 0.5) is 0 Å². The van der Waals surface area contributed by atoms with Gasteiger partial charge in [-0.15, -0.1) is 0 Å². The van der Waals surface area contributed by atoms with Crippen LogP contribution >= 0.6 is 0 Å². The number of aliphatic hydroxyl groups is 1. The van der Waals surface area contributed by atoms with Crippen LogP contribution in [0.3, 0.4) is 0 Å². The molecule has 196 valence electrons. The van der Waals surface area contributed by atoms with E-state index < -0.39 is 37.2 Å². The molecule has 0 radical (unpaired) electrons. The van der Waals surface area contributed by atoms with Gasteiger partial charge in [0, 0.05) is 5.56 Å². The quantitative estimate of drug-likeness (QED) is 0.141. The number of ether oxygens (including phenoxy) is 2. The molecule has 0 aliphatic carbocycles. The van der Waals surface area contributed by atoms with E-state index in [1.165, 1.54) is 84.1 Å². The maximum Gasteiger partial charge on any atom is 0.338 e. The first kappa shape index (κ1) is 28.9. The number of benzene rings is 1. The van der Waals surface area contributed by atoms with Gasteiger partial charge in [0.25, 0.3) is 0 Å². The average molecular weight is 509 g/mol. The second kappa shape index (κ2) is 13.1. The Morgan fingerprint density at radius 1 is 1.03 bits per heavy atom. The predicted molar refractivity (Wildman–Crippen MR) is 137 cm³/mol. The molecule has 1 aromatic rings. The van der Waals surface area contributed by atoms with Gasteiger partial charge in [-0.1, -0.05) is 64.7 Å². The maximum atomic E-state index is 12.9. The molecule has 0 saturated carbocycles. The molecule has 1 unspecified atom stereocenters. The minimum Gasteiger partial charge on any atom is -0.514 e.